The van der Waals surface area contributed by atoms with Gasteiger partial charge in [0.1, 0.15) is 5.56 Å². The van der Waals surface area contributed by atoms with Gasteiger partial charge in [0.2, 0.25) is 11.9 Å². The highest BCUT2D eigenvalue weighted by atomic mass is 16.6. The second-order valence-electron chi connectivity index (χ2n) is 6.36. The lowest BCUT2D eigenvalue weighted by atomic mass is 10.1. The molecule has 0 spiro atoms. The smallest absolute Gasteiger partial charge is 0.343 e. The summed E-state index contributed by atoms with van der Waals surface area (Å²) in [5.74, 6) is -0.166. The lowest BCUT2D eigenvalue weighted by molar-refractivity contribution is -0.130. The highest BCUT2D eigenvalue weighted by Gasteiger charge is 2.32. The highest BCUT2D eigenvalue weighted by Crippen LogP contribution is 2.40. The number of carbonyl (C=O) groups is 2. The predicted octanol–water partition coefficient (Wildman–Crippen LogP) is 2.89. The standard InChI is InChI=1S/C21H23NO6/c1-25-16-12-11-15(18(26-2)19(16)27-3)21(24)28-17(13-7-5-4-6-8-13)20(23)22-14-9-10-14/h4-8,11-12,14,17H,9-10H2,1-3H3,(H,22,23)/t17-/m0/s1. The summed E-state index contributed by atoms with van der Waals surface area (Å²) in [6.07, 6.45) is 0.808. The Morgan fingerprint density at radius 2 is 1.61 bits per heavy atom. The lowest BCUT2D eigenvalue weighted by Crippen LogP contribution is -2.33. The van der Waals surface area contributed by atoms with Crippen LogP contribution in [-0.4, -0.2) is 39.2 Å². The van der Waals surface area contributed by atoms with Gasteiger partial charge in [0.05, 0.1) is 21.3 Å². The number of carbonyl (C=O) groups excluding carboxylic acids is 2. The maximum Gasteiger partial charge on any atom is 0.343 e. The van der Waals surface area contributed by atoms with E-state index >= 15 is 0 Å². The van der Waals surface area contributed by atoms with Crippen molar-refractivity contribution in [3.63, 3.8) is 0 Å². The Kier molecular flexibility index (Phi) is 6.03. The van der Waals surface area contributed by atoms with Crippen molar-refractivity contribution in [2.75, 3.05) is 21.3 Å². The van der Waals surface area contributed by atoms with E-state index in [2.05, 4.69) is 5.32 Å². The second-order valence-corrected chi connectivity index (χ2v) is 6.36. The number of hydrogen-bond acceptors (Lipinski definition) is 6. The zero-order chi connectivity index (χ0) is 20.1. The molecule has 1 aliphatic carbocycles. The third-order valence-corrected chi connectivity index (χ3v) is 4.41. The molecule has 2 aromatic rings. The van der Waals surface area contributed by atoms with E-state index in [0.29, 0.717) is 11.3 Å². The van der Waals surface area contributed by atoms with Crippen molar-refractivity contribution in [3.05, 3.63) is 53.6 Å². The van der Waals surface area contributed by atoms with Gasteiger partial charge in [-0.1, -0.05) is 30.3 Å². The summed E-state index contributed by atoms with van der Waals surface area (Å²) in [4.78, 5) is 25.6. The van der Waals surface area contributed by atoms with Crippen LogP contribution in [0.1, 0.15) is 34.9 Å². The van der Waals surface area contributed by atoms with Crippen molar-refractivity contribution in [1.82, 2.24) is 5.32 Å². The van der Waals surface area contributed by atoms with E-state index in [1.165, 1.54) is 27.4 Å². The largest absolute Gasteiger partial charge is 0.493 e. The molecular formula is C21H23NO6. The van der Waals surface area contributed by atoms with Crippen molar-refractivity contribution in [1.29, 1.82) is 0 Å². The van der Waals surface area contributed by atoms with Crippen LogP contribution in [0.4, 0.5) is 0 Å². The molecule has 0 unspecified atom stereocenters. The molecule has 0 aromatic heterocycles. The van der Waals surface area contributed by atoms with Crippen LogP contribution in [0.15, 0.2) is 42.5 Å². The van der Waals surface area contributed by atoms with E-state index < -0.39 is 12.1 Å². The Morgan fingerprint density at radius 1 is 0.929 bits per heavy atom. The van der Waals surface area contributed by atoms with Gasteiger partial charge in [-0.2, -0.15) is 0 Å². The van der Waals surface area contributed by atoms with Crippen molar-refractivity contribution in [3.8, 4) is 17.2 Å². The van der Waals surface area contributed by atoms with Crippen LogP contribution >= 0.6 is 0 Å². The average molecular weight is 385 g/mol. The summed E-state index contributed by atoms with van der Waals surface area (Å²) in [5.41, 5.74) is 0.730. The molecule has 0 heterocycles. The van der Waals surface area contributed by atoms with Crippen molar-refractivity contribution < 1.29 is 28.5 Å². The number of hydrogen-bond donors (Lipinski definition) is 1. The number of benzene rings is 2. The van der Waals surface area contributed by atoms with Gasteiger partial charge in [-0.3, -0.25) is 4.79 Å². The number of nitrogens with one attached hydrogen (secondary N) is 1. The van der Waals surface area contributed by atoms with E-state index in [1.54, 1.807) is 30.3 Å². The predicted molar refractivity (Wildman–Crippen MR) is 102 cm³/mol. The van der Waals surface area contributed by atoms with Crippen LogP contribution in [0.25, 0.3) is 0 Å². The summed E-state index contributed by atoms with van der Waals surface area (Å²) in [6.45, 7) is 0. The number of ether oxygens (including phenoxy) is 4. The highest BCUT2D eigenvalue weighted by molar-refractivity contribution is 5.96. The van der Waals surface area contributed by atoms with Gasteiger partial charge in [-0.05, 0) is 25.0 Å². The fourth-order valence-electron chi connectivity index (χ4n) is 2.84. The third-order valence-electron chi connectivity index (χ3n) is 4.41. The van der Waals surface area contributed by atoms with Crippen LogP contribution in [-0.2, 0) is 9.53 Å². The normalized spacial score (nSPS) is 14.0. The number of rotatable bonds is 8. The Labute approximate surface area is 163 Å². The van der Waals surface area contributed by atoms with E-state index in [9.17, 15) is 9.59 Å². The maximum absolute atomic E-state index is 12.9. The van der Waals surface area contributed by atoms with Crippen molar-refractivity contribution in [2.45, 2.75) is 25.0 Å². The molecule has 1 saturated carbocycles. The topological polar surface area (TPSA) is 83.1 Å². The Balaban J connectivity index is 1.90. The number of esters is 1. The number of methoxy groups -OCH3 is 3. The minimum atomic E-state index is -1.06. The first-order chi connectivity index (χ1) is 13.6. The molecule has 1 N–H and O–H groups in total. The van der Waals surface area contributed by atoms with Gasteiger partial charge < -0.3 is 24.3 Å². The molecule has 1 amide bonds. The summed E-state index contributed by atoms with van der Waals surface area (Å²) >= 11 is 0. The fraction of sp³-hybridized carbons (Fsp3) is 0.333. The Hall–Kier alpha value is -3.22. The molecule has 7 nitrogen and oxygen atoms in total. The van der Waals surface area contributed by atoms with Gasteiger partial charge in [-0.25, -0.2) is 4.79 Å². The SMILES string of the molecule is COc1ccc(C(=O)O[C@H](C(=O)NC2CC2)c2ccccc2)c(OC)c1OC. The minimum Gasteiger partial charge on any atom is -0.493 e. The maximum atomic E-state index is 12.9. The number of amides is 1. The van der Waals surface area contributed by atoms with Crippen LogP contribution in [0.3, 0.4) is 0 Å². The van der Waals surface area contributed by atoms with Crippen LogP contribution in [0.5, 0.6) is 17.2 Å². The second kappa shape index (κ2) is 8.65. The zero-order valence-corrected chi connectivity index (χ0v) is 16.1. The lowest BCUT2D eigenvalue weighted by Gasteiger charge is -2.20. The van der Waals surface area contributed by atoms with Crippen LogP contribution in [0, 0.1) is 0 Å². The van der Waals surface area contributed by atoms with E-state index in [1.807, 2.05) is 6.07 Å². The van der Waals surface area contributed by atoms with Gasteiger partial charge in [0.15, 0.2) is 11.5 Å². The monoisotopic (exact) mass is 385 g/mol. The molecule has 28 heavy (non-hydrogen) atoms. The quantitative estimate of drug-likeness (QED) is 0.704. The van der Waals surface area contributed by atoms with Crippen molar-refractivity contribution >= 4 is 11.9 Å². The van der Waals surface area contributed by atoms with Gasteiger partial charge in [0.25, 0.3) is 5.91 Å². The van der Waals surface area contributed by atoms with Gasteiger partial charge >= 0.3 is 5.97 Å². The summed E-state index contributed by atoms with van der Waals surface area (Å²) < 4.78 is 21.5. The molecule has 2 aromatic carbocycles. The van der Waals surface area contributed by atoms with Crippen molar-refractivity contribution in [2.24, 2.45) is 0 Å². The van der Waals surface area contributed by atoms with Gasteiger partial charge in [-0.15, -0.1) is 0 Å². The molecule has 148 valence electrons. The Bertz CT molecular complexity index is 847. The molecule has 1 fully saturated rings. The van der Waals surface area contributed by atoms with E-state index in [-0.39, 0.29) is 29.0 Å². The first-order valence-corrected chi connectivity index (χ1v) is 8.94. The molecule has 0 bridgehead atoms. The molecular weight excluding hydrogens is 362 g/mol. The molecule has 3 rings (SSSR count). The zero-order valence-electron chi connectivity index (χ0n) is 16.1. The molecule has 1 atom stereocenters. The first kappa shape index (κ1) is 19.5. The first-order valence-electron chi connectivity index (χ1n) is 8.94. The van der Waals surface area contributed by atoms with Gasteiger partial charge in [0, 0.05) is 11.6 Å². The van der Waals surface area contributed by atoms with Crippen LogP contribution in [0.2, 0.25) is 0 Å². The fourth-order valence-corrected chi connectivity index (χ4v) is 2.84. The summed E-state index contributed by atoms with van der Waals surface area (Å²) in [7, 11) is 4.36. The molecule has 7 heteroatoms. The molecule has 0 aliphatic heterocycles. The summed E-state index contributed by atoms with van der Waals surface area (Å²) in [6, 6.07) is 12.1. The molecule has 1 aliphatic rings. The molecule has 0 saturated heterocycles. The van der Waals surface area contributed by atoms with E-state index in [0.717, 1.165) is 12.8 Å². The molecule has 0 radical (unpaired) electrons. The third kappa shape index (κ3) is 4.19. The Morgan fingerprint density at radius 3 is 2.18 bits per heavy atom. The summed E-state index contributed by atoms with van der Waals surface area (Å²) in [5, 5.41) is 2.89. The van der Waals surface area contributed by atoms with E-state index in [4.69, 9.17) is 18.9 Å². The minimum absolute atomic E-state index is 0.139. The average Bonchev–Trinajstić information content (AvgIpc) is 3.54. The van der Waals surface area contributed by atoms with Crippen LogP contribution < -0.4 is 19.5 Å².